The molecule has 10 nitrogen and oxygen atoms in total. The molecule has 6 rings (SSSR count). The van der Waals surface area contributed by atoms with Gasteiger partial charge in [0.1, 0.15) is 18.0 Å². The Morgan fingerprint density at radius 2 is 1.88 bits per heavy atom. The molecule has 0 bridgehead atoms. The number of methoxy groups -OCH3 is 4. The van der Waals surface area contributed by atoms with E-state index in [1.807, 2.05) is 12.1 Å². The van der Waals surface area contributed by atoms with Crippen molar-refractivity contribution in [3.63, 3.8) is 0 Å². The Balaban J connectivity index is 1.24. The molecule has 2 aliphatic heterocycles. The maximum Gasteiger partial charge on any atom is 0.331 e. The lowest BCUT2D eigenvalue weighted by Crippen LogP contribution is -2.58. The van der Waals surface area contributed by atoms with Gasteiger partial charge in [-0.05, 0) is 72.6 Å². The number of phenolic OH excluding ortho intramolecular Hbond substituents is 1. The van der Waals surface area contributed by atoms with E-state index in [1.165, 1.54) is 43.0 Å². The fraction of sp³-hybridized carbons (Fsp3) is 0.455. The molecule has 3 aromatic rings. The fourth-order valence-electron chi connectivity index (χ4n) is 7.51. The Kier molecular flexibility index (Phi) is 8.07. The number of fused-ring (bicyclic) bond motifs is 6. The predicted molar refractivity (Wildman–Crippen MR) is 159 cm³/mol. The number of nitrogens with one attached hydrogen (secondary N) is 1. The van der Waals surface area contributed by atoms with Crippen molar-refractivity contribution in [1.82, 2.24) is 9.88 Å². The third kappa shape index (κ3) is 5.34. The molecule has 3 aliphatic rings. The molecule has 0 amide bonds. The van der Waals surface area contributed by atoms with Crippen LogP contribution in [0.3, 0.4) is 0 Å². The van der Waals surface area contributed by atoms with Crippen molar-refractivity contribution in [2.24, 2.45) is 17.8 Å². The van der Waals surface area contributed by atoms with E-state index < -0.39 is 24.1 Å². The Morgan fingerprint density at radius 3 is 2.63 bits per heavy atom. The highest BCUT2D eigenvalue weighted by atomic mass is 16.6. The quantitative estimate of drug-likeness (QED) is 0.307. The Labute approximate surface area is 250 Å². The van der Waals surface area contributed by atoms with Gasteiger partial charge in [0.05, 0.1) is 33.3 Å². The number of hydrogen-bond donors (Lipinski definition) is 2. The highest BCUT2D eigenvalue weighted by Crippen LogP contribution is 2.50. The fourth-order valence-corrected chi connectivity index (χ4v) is 7.51. The summed E-state index contributed by atoms with van der Waals surface area (Å²) in [7, 11) is 6.08. The molecular formula is C33H38N2O8. The number of phenols is 1. The van der Waals surface area contributed by atoms with Gasteiger partial charge in [0.2, 0.25) is 0 Å². The minimum atomic E-state index is -0.638. The number of piperidine rings is 1. The van der Waals surface area contributed by atoms with E-state index in [-0.39, 0.29) is 29.6 Å². The number of carbonyl (C=O) groups excluding carboxylic acids is 2. The second-order valence-electron chi connectivity index (χ2n) is 11.6. The predicted octanol–water partition coefficient (Wildman–Crippen LogP) is 4.26. The van der Waals surface area contributed by atoms with Crippen LogP contribution in [-0.4, -0.2) is 80.7 Å². The van der Waals surface area contributed by atoms with Crippen molar-refractivity contribution in [3.05, 3.63) is 59.3 Å². The summed E-state index contributed by atoms with van der Waals surface area (Å²) >= 11 is 0. The number of aromatic hydroxyl groups is 1. The standard InChI is InChI=1S/C33H38N2O8/c1-39-20-7-8-21-22-11-12-35-17-19-14-28(43-29(37)10-6-18-5-9-26(36)27(13-18)40-2)32(41-3)30(33(38)42-4)23(19)16-25(35)31(22)34-24(21)15-20/h5-10,13,15,19,23,25,28,30,32,34,36H,11-12,14,16-17H2,1-4H3/t19-,23+,25+,28-,30+,32+/m1/s1. The largest absolute Gasteiger partial charge is 0.504 e. The highest BCUT2D eigenvalue weighted by Gasteiger charge is 2.54. The zero-order valence-corrected chi connectivity index (χ0v) is 24.9. The van der Waals surface area contributed by atoms with E-state index in [9.17, 15) is 14.7 Å². The smallest absolute Gasteiger partial charge is 0.331 e. The van der Waals surface area contributed by atoms with Crippen molar-refractivity contribution in [2.75, 3.05) is 41.5 Å². The summed E-state index contributed by atoms with van der Waals surface area (Å²) < 4.78 is 27.7. The lowest BCUT2D eigenvalue weighted by molar-refractivity contribution is -0.187. The first-order valence-corrected chi connectivity index (χ1v) is 14.6. The van der Waals surface area contributed by atoms with Crippen LogP contribution in [0.15, 0.2) is 42.5 Å². The SMILES string of the molecule is COC(=O)[C@H]1[C@H]2C[C@H]3c4[nH]c5cc(OC)ccc5c4CCN3C[C@H]2C[C@@H](OC(=O)C=Cc2ccc(O)c(OC)c2)[C@@H]1OC. The van der Waals surface area contributed by atoms with Gasteiger partial charge < -0.3 is 33.8 Å². The molecule has 2 aromatic carbocycles. The topological polar surface area (TPSA) is 120 Å². The van der Waals surface area contributed by atoms with Crippen LogP contribution in [0.2, 0.25) is 0 Å². The van der Waals surface area contributed by atoms with Gasteiger partial charge in [-0.3, -0.25) is 9.69 Å². The van der Waals surface area contributed by atoms with Crippen LogP contribution in [0, 0.1) is 17.8 Å². The second-order valence-corrected chi connectivity index (χ2v) is 11.6. The van der Waals surface area contributed by atoms with Crippen molar-refractivity contribution in [2.45, 2.75) is 37.5 Å². The molecule has 2 N–H and O–H groups in total. The van der Waals surface area contributed by atoms with Crippen molar-refractivity contribution >= 4 is 28.9 Å². The summed E-state index contributed by atoms with van der Waals surface area (Å²) in [5.41, 5.74) is 4.26. The molecule has 1 aromatic heterocycles. The number of hydrogen-bond acceptors (Lipinski definition) is 9. The van der Waals surface area contributed by atoms with Crippen LogP contribution in [0.4, 0.5) is 0 Å². The third-order valence-corrected chi connectivity index (χ3v) is 9.48. The summed E-state index contributed by atoms with van der Waals surface area (Å²) in [6.45, 7) is 1.70. The van der Waals surface area contributed by atoms with E-state index in [0.29, 0.717) is 17.7 Å². The average molecular weight is 591 g/mol. The molecule has 1 saturated heterocycles. The maximum atomic E-state index is 13.3. The number of aromatic nitrogens is 1. The van der Waals surface area contributed by atoms with Crippen molar-refractivity contribution in [3.8, 4) is 17.2 Å². The monoisotopic (exact) mass is 590 g/mol. The summed E-state index contributed by atoms with van der Waals surface area (Å²) in [5.74, 6) is -0.200. The summed E-state index contributed by atoms with van der Waals surface area (Å²) in [5, 5.41) is 11.1. The molecule has 0 unspecified atom stereocenters. The normalized spacial score (nSPS) is 26.8. The van der Waals surface area contributed by atoms with E-state index in [4.69, 9.17) is 23.7 Å². The van der Waals surface area contributed by atoms with E-state index in [1.54, 1.807) is 32.4 Å². The molecular weight excluding hydrogens is 552 g/mol. The number of aromatic amines is 1. The van der Waals surface area contributed by atoms with Gasteiger partial charge in [0.25, 0.3) is 0 Å². The van der Waals surface area contributed by atoms with Crippen LogP contribution < -0.4 is 9.47 Å². The van der Waals surface area contributed by atoms with Gasteiger partial charge >= 0.3 is 11.9 Å². The number of ether oxygens (including phenoxy) is 5. The van der Waals surface area contributed by atoms with Gasteiger partial charge in [-0.15, -0.1) is 0 Å². The zero-order valence-electron chi connectivity index (χ0n) is 24.9. The van der Waals surface area contributed by atoms with Crippen LogP contribution in [-0.2, 0) is 30.2 Å². The van der Waals surface area contributed by atoms with E-state index in [0.717, 1.165) is 37.2 Å². The number of esters is 2. The first-order chi connectivity index (χ1) is 20.8. The molecule has 228 valence electrons. The van der Waals surface area contributed by atoms with Gasteiger partial charge in [-0.25, -0.2) is 4.79 Å². The van der Waals surface area contributed by atoms with Gasteiger partial charge in [0, 0.05) is 48.9 Å². The first-order valence-electron chi connectivity index (χ1n) is 14.6. The van der Waals surface area contributed by atoms with Gasteiger partial charge in [-0.1, -0.05) is 6.07 Å². The number of rotatable bonds is 7. The third-order valence-electron chi connectivity index (χ3n) is 9.48. The molecule has 43 heavy (non-hydrogen) atoms. The van der Waals surface area contributed by atoms with Gasteiger partial charge in [0.15, 0.2) is 11.5 Å². The molecule has 0 radical (unpaired) electrons. The number of nitrogens with zero attached hydrogens (tertiary/aromatic N) is 1. The minimum Gasteiger partial charge on any atom is -0.504 e. The average Bonchev–Trinajstić information content (AvgIpc) is 3.40. The van der Waals surface area contributed by atoms with Crippen molar-refractivity contribution in [1.29, 1.82) is 0 Å². The molecule has 2 fully saturated rings. The molecule has 6 atom stereocenters. The molecule has 0 spiro atoms. The van der Waals surface area contributed by atoms with E-state index in [2.05, 4.69) is 16.0 Å². The van der Waals surface area contributed by atoms with E-state index >= 15 is 0 Å². The minimum absolute atomic E-state index is 0.000466. The van der Waals surface area contributed by atoms with Crippen molar-refractivity contribution < 1.29 is 38.4 Å². The van der Waals surface area contributed by atoms with Gasteiger partial charge in [-0.2, -0.15) is 0 Å². The molecule has 10 heteroatoms. The van der Waals surface area contributed by atoms with Crippen LogP contribution in [0.5, 0.6) is 17.2 Å². The lowest BCUT2D eigenvalue weighted by atomic mass is 9.63. The number of H-pyrrole nitrogens is 1. The summed E-state index contributed by atoms with van der Waals surface area (Å²) in [4.78, 5) is 32.5. The first kappa shape index (κ1) is 29.1. The Hall–Kier alpha value is -4.02. The van der Waals surface area contributed by atoms with Crippen LogP contribution in [0.25, 0.3) is 17.0 Å². The second kappa shape index (κ2) is 11.9. The van der Waals surface area contributed by atoms with Crippen LogP contribution >= 0.6 is 0 Å². The molecule has 3 heterocycles. The number of carbonyl (C=O) groups is 2. The van der Waals surface area contributed by atoms with Crippen LogP contribution in [0.1, 0.15) is 35.7 Å². The molecule has 1 saturated carbocycles. The lowest BCUT2D eigenvalue weighted by Gasteiger charge is -2.52. The number of benzene rings is 2. The summed E-state index contributed by atoms with van der Waals surface area (Å²) in [6.07, 6.45) is 3.98. The Bertz CT molecular complexity index is 1550. The zero-order chi connectivity index (χ0) is 30.2. The Morgan fingerprint density at radius 1 is 1.05 bits per heavy atom. The molecule has 1 aliphatic carbocycles. The summed E-state index contributed by atoms with van der Waals surface area (Å²) in [6, 6.07) is 11.1. The highest BCUT2D eigenvalue weighted by molar-refractivity contribution is 5.88. The maximum absolute atomic E-state index is 13.3.